The molecule has 170 valence electrons. The summed E-state index contributed by atoms with van der Waals surface area (Å²) < 4.78 is 11.7. The van der Waals surface area contributed by atoms with E-state index in [1.807, 2.05) is 26.0 Å². The van der Waals surface area contributed by atoms with E-state index in [0.717, 1.165) is 28.3 Å². The van der Waals surface area contributed by atoms with Gasteiger partial charge in [0.15, 0.2) is 5.78 Å². The van der Waals surface area contributed by atoms with Crippen LogP contribution in [0.5, 0.6) is 23.0 Å². The molecule has 1 heterocycles. The average Bonchev–Trinajstić information content (AvgIpc) is 2.70. The van der Waals surface area contributed by atoms with E-state index >= 15 is 0 Å². The zero-order valence-electron chi connectivity index (χ0n) is 18.9. The zero-order valence-corrected chi connectivity index (χ0v) is 18.9. The highest BCUT2D eigenvalue weighted by atomic mass is 16.5. The van der Waals surface area contributed by atoms with Gasteiger partial charge in [-0.1, -0.05) is 23.8 Å². The third-order valence-electron chi connectivity index (χ3n) is 5.54. The molecular weight excluding hydrogens is 408 g/mol. The number of hydrogen-bond donors (Lipinski definition) is 3. The summed E-state index contributed by atoms with van der Waals surface area (Å²) in [5, 5.41) is 30.3. The largest absolute Gasteiger partial charge is 0.508 e. The molecule has 3 rings (SSSR count). The Labute approximate surface area is 188 Å². The molecule has 0 aliphatic carbocycles. The number of carbonyl (C=O) groups excluding carboxylic acids is 1. The highest BCUT2D eigenvalue weighted by Gasteiger charge is 2.32. The van der Waals surface area contributed by atoms with Gasteiger partial charge < -0.3 is 24.8 Å². The van der Waals surface area contributed by atoms with Gasteiger partial charge in [-0.2, -0.15) is 0 Å². The number of Topliss-reactive ketones (excluding diaryl/α,β-unsaturated/α-hetero) is 1. The molecule has 1 unspecified atom stereocenters. The molecule has 1 aliphatic rings. The predicted octanol–water partition coefficient (Wildman–Crippen LogP) is 4.80. The third-order valence-corrected chi connectivity index (χ3v) is 5.54. The fraction of sp³-hybridized carbons (Fsp3) is 0.346. The third kappa shape index (κ3) is 4.97. The minimum absolute atomic E-state index is 0.0439. The lowest BCUT2D eigenvalue weighted by Gasteiger charge is -2.27. The van der Waals surface area contributed by atoms with Gasteiger partial charge >= 0.3 is 0 Å². The number of aliphatic hydroxyl groups is 1. The Balaban J connectivity index is 2.08. The van der Waals surface area contributed by atoms with Crippen LogP contribution in [0.2, 0.25) is 0 Å². The van der Waals surface area contributed by atoms with Crippen molar-refractivity contribution in [2.75, 3.05) is 7.11 Å². The van der Waals surface area contributed by atoms with Gasteiger partial charge in [-0.3, -0.25) is 4.79 Å². The van der Waals surface area contributed by atoms with Crippen LogP contribution in [0.25, 0.3) is 0 Å². The highest BCUT2D eigenvalue weighted by molar-refractivity contribution is 6.02. The van der Waals surface area contributed by atoms with Crippen molar-refractivity contribution < 1.29 is 29.6 Å². The fourth-order valence-electron chi connectivity index (χ4n) is 3.84. The van der Waals surface area contributed by atoms with Crippen molar-refractivity contribution in [3.05, 3.63) is 70.3 Å². The van der Waals surface area contributed by atoms with Gasteiger partial charge in [-0.15, -0.1) is 0 Å². The number of ketones is 1. The number of aliphatic hydroxyl groups excluding tert-OH is 1. The van der Waals surface area contributed by atoms with Crippen LogP contribution in [0.3, 0.4) is 0 Å². The van der Waals surface area contributed by atoms with Crippen molar-refractivity contribution in [1.29, 1.82) is 0 Å². The molecule has 0 saturated heterocycles. The Kier molecular flexibility index (Phi) is 6.94. The summed E-state index contributed by atoms with van der Waals surface area (Å²) in [5.74, 6) is 0.0869. The van der Waals surface area contributed by atoms with E-state index in [0.29, 0.717) is 24.2 Å². The summed E-state index contributed by atoms with van der Waals surface area (Å²) in [7, 11) is 1.60. The van der Waals surface area contributed by atoms with Crippen LogP contribution in [0.4, 0.5) is 0 Å². The summed E-state index contributed by atoms with van der Waals surface area (Å²) in [5.41, 5.74) is 4.34. The topological polar surface area (TPSA) is 96.2 Å². The second kappa shape index (κ2) is 9.49. The number of phenols is 2. The van der Waals surface area contributed by atoms with Crippen molar-refractivity contribution in [2.45, 2.75) is 52.2 Å². The molecule has 3 N–H and O–H groups in total. The number of benzene rings is 2. The van der Waals surface area contributed by atoms with E-state index < -0.39 is 12.2 Å². The van der Waals surface area contributed by atoms with Crippen molar-refractivity contribution in [1.82, 2.24) is 0 Å². The Morgan fingerprint density at radius 3 is 2.53 bits per heavy atom. The second-order valence-corrected chi connectivity index (χ2v) is 8.50. The minimum atomic E-state index is -0.737. The van der Waals surface area contributed by atoms with Crippen LogP contribution < -0.4 is 9.47 Å². The monoisotopic (exact) mass is 438 g/mol. The Bertz CT molecular complexity index is 1080. The van der Waals surface area contributed by atoms with E-state index in [9.17, 15) is 20.1 Å². The summed E-state index contributed by atoms with van der Waals surface area (Å²) in [6.45, 7) is 9.63. The van der Waals surface area contributed by atoms with Gasteiger partial charge in [-0.25, -0.2) is 0 Å². The molecule has 0 amide bonds. The van der Waals surface area contributed by atoms with E-state index in [2.05, 4.69) is 12.7 Å². The van der Waals surface area contributed by atoms with Crippen molar-refractivity contribution in [2.24, 2.45) is 0 Å². The molecular formula is C26H30O6. The van der Waals surface area contributed by atoms with Crippen LogP contribution in [0.15, 0.2) is 48.1 Å². The molecule has 0 spiro atoms. The maximum atomic E-state index is 12.8. The number of fused-ring (bicyclic) bond motifs is 1. The first-order valence-electron chi connectivity index (χ1n) is 10.5. The lowest BCUT2D eigenvalue weighted by atomic mass is 9.90. The SMILES string of the molecule is C=C(C)C(O)Cc1cc([C@@H]2CC(=O)c3c(O)cc(O)cc3O2)cc(CC=C(C)C)c1OC. The van der Waals surface area contributed by atoms with E-state index in [1.54, 1.807) is 14.0 Å². The molecule has 2 aromatic rings. The maximum Gasteiger partial charge on any atom is 0.174 e. The standard InChI is InChI=1S/C26H30O6/c1-14(2)6-7-16-8-17(9-18(26(16)31-5)10-20(28)15(3)4)23-13-22(30)25-21(29)11-19(27)12-24(25)32-23/h6,8-9,11-12,20,23,27-29H,3,7,10,13H2,1-2,4-5H3/t20?,23-/m0/s1. The molecule has 6 nitrogen and oxygen atoms in total. The van der Waals surface area contributed by atoms with Crippen LogP contribution in [0.1, 0.15) is 60.3 Å². The van der Waals surface area contributed by atoms with Crippen molar-refractivity contribution in [3.8, 4) is 23.0 Å². The summed E-state index contributed by atoms with van der Waals surface area (Å²) in [4.78, 5) is 12.8. The Hall–Kier alpha value is -3.25. The zero-order chi connectivity index (χ0) is 23.6. The summed E-state index contributed by atoms with van der Waals surface area (Å²) >= 11 is 0. The number of rotatable bonds is 7. The number of ether oxygens (including phenoxy) is 2. The van der Waals surface area contributed by atoms with Crippen molar-refractivity contribution >= 4 is 5.78 Å². The van der Waals surface area contributed by atoms with Crippen LogP contribution >= 0.6 is 0 Å². The van der Waals surface area contributed by atoms with Crippen LogP contribution in [0, 0.1) is 0 Å². The summed E-state index contributed by atoms with van der Waals surface area (Å²) in [6.07, 6.45) is 1.72. The normalized spacial score (nSPS) is 16.0. The Morgan fingerprint density at radius 2 is 1.91 bits per heavy atom. The van der Waals surface area contributed by atoms with Gasteiger partial charge in [0.25, 0.3) is 0 Å². The molecule has 0 saturated carbocycles. The van der Waals surface area contributed by atoms with Crippen LogP contribution in [-0.2, 0) is 12.8 Å². The molecule has 0 aromatic heterocycles. The summed E-state index contributed by atoms with van der Waals surface area (Å²) in [6, 6.07) is 6.28. The van der Waals surface area contributed by atoms with Crippen LogP contribution in [-0.4, -0.2) is 34.3 Å². The van der Waals surface area contributed by atoms with Gasteiger partial charge in [0.1, 0.15) is 34.7 Å². The molecule has 0 radical (unpaired) electrons. The molecule has 1 aliphatic heterocycles. The Morgan fingerprint density at radius 1 is 1.22 bits per heavy atom. The fourth-order valence-corrected chi connectivity index (χ4v) is 3.84. The molecule has 0 bridgehead atoms. The van der Waals surface area contributed by atoms with Crippen molar-refractivity contribution in [3.63, 3.8) is 0 Å². The number of allylic oxidation sites excluding steroid dienone is 2. The van der Waals surface area contributed by atoms with E-state index in [1.165, 1.54) is 6.07 Å². The highest BCUT2D eigenvalue weighted by Crippen LogP contribution is 2.43. The molecule has 0 fully saturated rings. The first-order chi connectivity index (χ1) is 15.1. The number of hydrogen-bond acceptors (Lipinski definition) is 6. The first-order valence-corrected chi connectivity index (χ1v) is 10.5. The first kappa shape index (κ1) is 23.4. The molecule has 2 aromatic carbocycles. The van der Waals surface area contributed by atoms with Gasteiger partial charge in [0.05, 0.1) is 19.6 Å². The number of aromatic hydroxyl groups is 2. The number of methoxy groups -OCH3 is 1. The maximum absolute atomic E-state index is 12.8. The predicted molar refractivity (Wildman–Crippen MR) is 123 cm³/mol. The smallest absolute Gasteiger partial charge is 0.174 e. The minimum Gasteiger partial charge on any atom is -0.508 e. The second-order valence-electron chi connectivity index (χ2n) is 8.50. The van der Waals surface area contributed by atoms with E-state index in [4.69, 9.17) is 9.47 Å². The van der Waals surface area contributed by atoms with Gasteiger partial charge in [-0.05, 0) is 56.0 Å². The van der Waals surface area contributed by atoms with Gasteiger partial charge in [0.2, 0.25) is 0 Å². The van der Waals surface area contributed by atoms with E-state index in [-0.39, 0.29) is 35.0 Å². The molecule has 6 heteroatoms. The lowest BCUT2D eigenvalue weighted by Crippen LogP contribution is -2.21. The molecule has 2 atom stereocenters. The molecule has 32 heavy (non-hydrogen) atoms. The quantitative estimate of drug-likeness (QED) is 0.538. The number of phenolic OH excluding ortho intramolecular Hbond substituents is 2. The number of carbonyl (C=O) groups is 1. The van der Waals surface area contributed by atoms with Gasteiger partial charge in [0, 0.05) is 18.6 Å². The lowest BCUT2D eigenvalue weighted by molar-refractivity contribution is 0.0844. The average molecular weight is 439 g/mol.